The number of thiophene rings is 1. The van der Waals surface area contributed by atoms with Crippen LogP contribution in [0.5, 0.6) is 0 Å². The Hall–Kier alpha value is -1.79. The van der Waals surface area contributed by atoms with Crippen molar-refractivity contribution in [3.8, 4) is 0 Å². The van der Waals surface area contributed by atoms with E-state index >= 15 is 0 Å². The van der Waals surface area contributed by atoms with Crippen LogP contribution in [-0.2, 0) is 19.3 Å². The Morgan fingerprint density at radius 2 is 2.12 bits per heavy atom. The van der Waals surface area contributed by atoms with Crippen molar-refractivity contribution >= 4 is 37.6 Å². The Kier molecular flexibility index (Phi) is 4.10. The predicted octanol–water partition coefficient (Wildman–Crippen LogP) is 3.47. The number of nitrogens with zero attached hydrogens (tertiary/aromatic N) is 3. The number of aliphatic hydroxyl groups excluding tert-OH is 1. The minimum absolute atomic E-state index is 0.414. The molecule has 0 aliphatic heterocycles. The lowest BCUT2D eigenvalue weighted by Gasteiger charge is -2.08. The molecule has 0 saturated heterocycles. The third-order valence-electron chi connectivity index (χ3n) is 4.61. The number of hydrogen-bond donors (Lipinski definition) is 2. The summed E-state index contributed by atoms with van der Waals surface area (Å²) in [5.41, 5.74) is 5.19. The van der Waals surface area contributed by atoms with E-state index in [9.17, 15) is 5.11 Å². The summed E-state index contributed by atoms with van der Waals surface area (Å²) < 4.78 is 1.04. The van der Waals surface area contributed by atoms with Crippen LogP contribution >= 0.6 is 11.3 Å². The molecule has 2 N–H and O–H groups in total. The van der Waals surface area contributed by atoms with Crippen LogP contribution in [0.2, 0.25) is 0 Å². The standard InChI is InChI=1S/C18H22N4OS/c1-3-5-13-11-6-4-7-12(11)14-15-16(24-18(14)22-13)17(21-9-20-15)19-8-10(2)23/h9-10,23H,3-8H2,1-2H3,(H,19,20,21)/t10-/m0/s1. The zero-order valence-electron chi connectivity index (χ0n) is 14.1. The maximum atomic E-state index is 9.53. The highest BCUT2D eigenvalue weighted by Gasteiger charge is 2.23. The lowest BCUT2D eigenvalue weighted by Crippen LogP contribution is -2.16. The molecule has 0 amide bonds. The van der Waals surface area contributed by atoms with Crippen LogP contribution < -0.4 is 5.32 Å². The van der Waals surface area contributed by atoms with Crippen LogP contribution in [-0.4, -0.2) is 32.7 Å². The van der Waals surface area contributed by atoms with Crippen molar-refractivity contribution in [3.63, 3.8) is 0 Å². The van der Waals surface area contributed by atoms with E-state index in [1.54, 1.807) is 24.6 Å². The minimum atomic E-state index is -0.414. The van der Waals surface area contributed by atoms with Crippen LogP contribution in [0.1, 0.15) is 43.5 Å². The molecule has 0 spiro atoms. The normalized spacial score (nSPS) is 15.1. The summed E-state index contributed by atoms with van der Waals surface area (Å²) in [5, 5.41) is 14.0. The van der Waals surface area contributed by atoms with Crippen molar-refractivity contribution in [1.29, 1.82) is 0 Å². The second-order valence-electron chi connectivity index (χ2n) is 6.53. The van der Waals surface area contributed by atoms with Gasteiger partial charge in [-0.2, -0.15) is 0 Å². The largest absolute Gasteiger partial charge is 0.392 e. The molecular formula is C18H22N4OS. The van der Waals surface area contributed by atoms with Gasteiger partial charge in [-0.1, -0.05) is 13.3 Å². The Labute approximate surface area is 145 Å². The van der Waals surface area contributed by atoms with Crippen molar-refractivity contribution in [3.05, 3.63) is 23.1 Å². The Morgan fingerprint density at radius 1 is 1.29 bits per heavy atom. The molecule has 1 aliphatic carbocycles. The molecule has 0 fully saturated rings. The zero-order valence-corrected chi connectivity index (χ0v) is 14.9. The smallest absolute Gasteiger partial charge is 0.147 e. The lowest BCUT2D eigenvalue weighted by atomic mass is 10.0. The fourth-order valence-electron chi connectivity index (χ4n) is 3.59. The molecule has 4 rings (SSSR count). The molecule has 126 valence electrons. The Morgan fingerprint density at radius 3 is 2.92 bits per heavy atom. The molecule has 0 saturated carbocycles. The highest BCUT2D eigenvalue weighted by Crippen LogP contribution is 2.41. The third kappa shape index (κ3) is 2.54. The summed E-state index contributed by atoms with van der Waals surface area (Å²) in [7, 11) is 0. The van der Waals surface area contributed by atoms with E-state index in [4.69, 9.17) is 4.98 Å². The van der Waals surface area contributed by atoms with Crippen LogP contribution in [0.4, 0.5) is 5.82 Å². The fraction of sp³-hybridized carbons (Fsp3) is 0.500. The second-order valence-corrected chi connectivity index (χ2v) is 7.53. The first kappa shape index (κ1) is 15.7. The van der Waals surface area contributed by atoms with E-state index in [0.29, 0.717) is 6.54 Å². The Balaban J connectivity index is 1.93. The molecule has 0 bridgehead atoms. The van der Waals surface area contributed by atoms with Crippen molar-refractivity contribution in [2.45, 2.75) is 52.1 Å². The molecule has 0 aromatic carbocycles. The van der Waals surface area contributed by atoms with Crippen LogP contribution in [0.25, 0.3) is 20.4 Å². The number of aryl methyl sites for hydroxylation is 2. The van der Waals surface area contributed by atoms with Gasteiger partial charge in [0.1, 0.15) is 17.0 Å². The van der Waals surface area contributed by atoms with Gasteiger partial charge in [0.05, 0.1) is 16.3 Å². The molecule has 3 aromatic rings. The van der Waals surface area contributed by atoms with Gasteiger partial charge in [0, 0.05) is 17.6 Å². The summed E-state index contributed by atoms with van der Waals surface area (Å²) in [5.74, 6) is 0.799. The molecule has 1 aliphatic rings. The van der Waals surface area contributed by atoms with Crippen molar-refractivity contribution in [2.75, 3.05) is 11.9 Å². The summed E-state index contributed by atoms with van der Waals surface area (Å²) in [6.45, 7) is 4.45. The van der Waals surface area contributed by atoms with Gasteiger partial charge in [0.2, 0.25) is 0 Å². The van der Waals surface area contributed by atoms with Gasteiger partial charge < -0.3 is 10.4 Å². The topological polar surface area (TPSA) is 70.9 Å². The quantitative estimate of drug-likeness (QED) is 0.743. The molecule has 0 unspecified atom stereocenters. The number of aliphatic hydroxyl groups is 1. The molecule has 5 nitrogen and oxygen atoms in total. The van der Waals surface area contributed by atoms with Gasteiger partial charge in [-0.3, -0.25) is 0 Å². The predicted molar refractivity (Wildman–Crippen MR) is 98.9 cm³/mol. The van der Waals surface area contributed by atoms with Crippen molar-refractivity contribution in [1.82, 2.24) is 15.0 Å². The minimum Gasteiger partial charge on any atom is -0.392 e. The van der Waals surface area contributed by atoms with Crippen LogP contribution in [0.15, 0.2) is 6.33 Å². The summed E-state index contributed by atoms with van der Waals surface area (Å²) >= 11 is 1.67. The first-order chi connectivity index (χ1) is 11.7. The molecule has 1 atom stereocenters. The third-order valence-corrected chi connectivity index (χ3v) is 5.69. The number of hydrogen-bond acceptors (Lipinski definition) is 6. The molecule has 0 radical (unpaired) electrons. The summed E-state index contributed by atoms with van der Waals surface area (Å²) in [6.07, 6.45) is 6.84. The number of fused-ring (bicyclic) bond motifs is 5. The molecule has 24 heavy (non-hydrogen) atoms. The first-order valence-electron chi connectivity index (χ1n) is 8.68. The lowest BCUT2D eigenvalue weighted by molar-refractivity contribution is 0.208. The fourth-order valence-corrected chi connectivity index (χ4v) is 4.73. The van der Waals surface area contributed by atoms with E-state index in [0.717, 1.165) is 46.5 Å². The number of rotatable bonds is 5. The highest BCUT2D eigenvalue weighted by molar-refractivity contribution is 7.26. The number of aromatic nitrogens is 3. The second kappa shape index (κ2) is 6.26. The number of anilines is 1. The Bertz CT molecular complexity index is 903. The van der Waals surface area contributed by atoms with Gasteiger partial charge in [-0.25, -0.2) is 15.0 Å². The van der Waals surface area contributed by atoms with Gasteiger partial charge >= 0.3 is 0 Å². The summed E-state index contributed by atoms with van der Waals surface area (Å²) in [4.78, 5) is 15.0. The average molecular weight is 342 g/mol. The summed E-state index contributed by atoms with van der Waals surface area (Å²) in [6, 6.07) is 0. The molecule has 6 heteroatoms. The van der Waals surface area contributed by atoms with Gasteiger partial charge in [0.25, 0.3) is 0 Å². The number of pyridine rings is 1. The van der Waals surface area contributed by atoms with E-state index in [2.05, 4.69) is 22.2 Å². The highest BCUT2D eigenvalue weighted by atomic mass is 32.1. The monoisotopic (exact) mass is 342 g/mol. The van der Waals surface area contributed by atoms with Crippen LogP contribution in [0, 0.1) is 0 Å². The molecule has 3 aromatic heterocycles. The van der Waals surface area contributed by atoms with Crippen molar-refractivity contribution in [2.24, 2.45) is 0 Å². The van der Waals surface area contributed by atoms with E-state index < -0.39 is 6.10 Å². The number of nitrogens with one attached hydrogen (secondary N) is 1. The van der Waals surface area contributed by atoms with Gasteiger partial charge in [-0.05, 0) is 43.7 Å². The maximum absolute atomic E-state index is 9.53. The SMILES string of the molecule is CCCc1nc2sc3c(NC[C@H](C)O)ncnc3c2c2c1CCC2. The first-order valence-corrected chi connectivity index (χ1v) is 9.50. The molecular weight excluding hydrogens is 320 g/mol. The zero-order chi connectivity index (χ0) is 16.7. The van der Waals surface area contributed by atoms with Crippen molar-refractivity contribution < 1.29 is 5.11 Å². The average Bonchev–Trinajstić information content (AvgIpc) is 3.16. The maximum Gasteiger partial charge on any atom is 0.147 e. The van der Waals surface area contributed by atoms with Gasteiger partial charge in [0.15, 0.2) is 0 Å². The van der Waals surface area contributed by atoms with E-state index in [1.807, 2.05) is 0 Å². The van der Waals surface area contributed by atoms with Gasteiger partial charge in [-0.15, -0.1) is 11.3 Å². The van der Waals surface area contributed by atoms with E-state index in [-0.39, 0.29) is 0 Å². The molecule has 3 heterocycles. The van der Waals surface area contributed by atoms with E-state index in [1.165, 1.54) is 28.6 Å². The van der Waals surface area contributed by atoms with Crippen LogP contribution in [0.3, 0.4) is 0 Å².